The van der Waals surface area contributed by atoms with Gasteiger partial charge < -0.3 is 14.8 Å². The molecule has 0 aliphatic carbocycles. The van der Waals surface area contributed by atoms with Gasteiger partial charge in [0.1, 0.15) is 12.4 Å². The molecule has 0 aliphatic heterocycles. The highest BCUT2D eigenvalue weighted by molar-refractivity contribution is 6.59. The highest BCUT2D eigenvalue weighted by Gasteiger charge is 2.16. The Balaban J connectivity index is 2.71. The van der Waals surface area contributed by atoms with Crippen LogP contribution in [-0.2, 0) is 0 Å². The number of para-hydroxylation sites is 1. The average Bonchev–Trinajstić information content (AvgIpc) is 2.26. The van der Waals surface area contributed by atoms with Gasteiger partial charge in [-0.15, -0.1) is 0 Å². The standard InChI is InChI=1S/C11H15BO3/c1-3-9(2)8-15-11-7-5-4-6-10(11)12(13)14/h4-7,13-14H,2-3,8H2,1H3. The predicted octanol–water partition coefficient (Wildman–Crippen LogP) is 0.711. The topological polar surface area (TPSA) is 49.7 Å². The Morgan fingerprint density at radius 3 is 2.67 bits per heavy atom. The lowest BCUT2D eigenvalue weighted by molar-refractivity contribution is 0.348. The van der Waals surface area contributed by atoms with E-state index in [2.05, 4.69) is 6.58 Å². The Hall–Kier alpha value is -1.26. The van der Waals surface area contributed by atoms with E-state index < -0.39 is 7.12 Å². The van der Waals surface area contributed by atoms with E-state index in [1.165, 1.54) is 0 Å². The summed E-state index contributed by atoms with van der Waals surface area (Å²) < 4.78 is 5.43. The van der Waals surface area contributed by atoms with Crippen molar-refractivity contribution in [2.24, 2.45) is 0 Å². The highest BCUT2D eigenvalue weighted by atomic mass is 16.5. The Morgan fingerprint density at radius 1 is 1.40 bits per heavy atom. The van der Waals surface area contributed by atoms with E-state index in [9.17, 15) is 0 Å². The van der Waals surface area contributed by atoms with Crippen LogP contribution in [0.3, 0.4) is 0 Å². The normalized spacial score (nSPS) is 9.80. The van der Waals surface area contributed by atoms with Crippen molar-refractivity contribution in [3.8, 4) is 5.75 Å². The van der Waals surface area contributed by atoms with E-state index in [-0.39, 0.29) is 0 Å². The van der Waals surface area contributed by atoms with Crippen molar-refractivity contribution < 1.29 is 14.8 Å². The summed E-state index contributed by atoms with van der Waals surface area (Å²) in [6.07, 6.45) is 0.851. The van der Waals surface area contributed by atoms with Gasteiger partial charge in [0.25, 0.3) is 0 Å². The number of rotatable bonds is 5. The van der Waals surface area contributed by atoms with Crippen LogP contribution in [0.2, 0.25) is 0 Å². The molecule has 3 nitrogen and oxygen atoms in total. The van der Waals surface area contributed by atoms with Crippen LogP contribution in [0, 0.1) is 0 Å². The lowest BCUT2D eigenvalue weighted by atomic mass is 9.79. The van der Waals surface area contributed by atoms with Gasteiger partial charge in [0.05, 0.1) is 0 Å². The maximum Gasteiger partial charge on any atom is 0.492 e. The summed E-state index contributed by atoms with van der Waals surface area (Å²) in [5.41, 5.74) is 1.35. The second-order valence-corrected chi connectivity index (χ2v) is 3.30. The van der Waals surface area contributed by atoms with Gasteiger partial charge in [-0.05, 0) is 18.1 Å². The third-order valence-corrected chi connectivity index (χ3v) is 2.13. The molecule has 1 rings (SSSR count). The third-order valence-electron chi connectivity index (χ3n) is 2.13. The molecule has 0 heterocycles. The SMILES string of the molecule is C=C(CC)COc1ccccc1B(O)O. The van der Waals surface area contributed by atoms with E-state index in [1.54, 1.807) is 24.3 Å². The molecule has 0 unspecified atom stereocenters. The van der Waals surface area contributed by atoms with Gasteiger partial charge in [-0.25, -0.2) is 0 Å². The van der Waals surface area contributed by atoms with Crippen LogP contribution >= 0.6 is 0 Å². The Morgan fingerprint density at radius 2 is 2.07 bits per heavy atom. The van der Waals surface area contributed by atoms with Crippen LogP contribution in [0.25, 0.3) is 0 Å². The molecule has 0 aromatic heterocycles. The molecule has 0 saturated carbocycles. The molecule has 15 heavy (non-hydrogen) atoms. The molecule has 4 heteroatoms. The van der Waals surface area contributed by atoms with Crippen LogP contribution in [0.1, 0.15) is 13.3 Å². The molecule has 0 amide bonds. The Bertz CT molecular complexity index is 336. The lowest BCUT2D eigenvalue weighted by Gasteiger charge is -2.11. The predicted molar refractivity (Wildman–Crippen MR) is 61.2 cm³/mol. The van der Waals surface area contributed by atoms with Crippen LogP contribution in [0.4, 0.5) is 0 Å². The first-order valence-corrected chi connectivity index (χ1v) is 4.89. The Labute approximate surface area is 90.2 Å². The minimum absolute atomic E-state index is 0.376. The van der Waals surface area contributed by atoms with Crippen LogP contribution in [0.5, 0.6) is 5.75 Å². The molecular weight excluding hydrogens is 191 g/mol. The van der Waals surface area contributed by atoms with E-state index in [0.29, 0.717) is 17.8 Å². The summed E-state index contributed by atoms with van der Waals surface area (Å²) in [4.78, 5) is 0. The van der Waals surface area contributed by atoms with Crippen molar-refractivity contribution in [3.63, 3.8) is 0 Å². The molecule has 0 spiro atoms. The monoisotopic (exact) mass is 206 g/mol. The fourth-order valence-electron chi connectivity index (χ4n) is 1.11. The van der Waals surface area contributed by atoms with Crippen molar-refractivity contribution in [1.82, 2.24) is 0 Å². The molecule has 0 saturated heterocycles. The van der Waals surface area contributed by atoms with Gasteiger partial charge in [0.15, 0.2) is 0 Å². The fourth-order valence-corrected chi connectivity index (χ4v) is 1.11. The maximum absolute atomic E-state index is 9.08. The number of hydrogen-bond donors (Lipinski definition) is 2. The fraction of sp³-hybridized carbons (Fsp3) is 0.273. The zero-order chi connectivity index (χ0) is 11.3. The molecule has 1 aromatic rings. The van der Waals surface area contributed by atoms with Gasteiger partial charge in [-0.2, -0.15) is 0 Å². The summed E-state index contributed by atoms with van der Waals surface area (Å²) in [7, 11) is -1.50. The van der Waals surface area contributed by atoms with Crippen LogP contribution in [-0.4, -0.2) is 23.8 Å². The molecule has 2 N–H and O–H groups in total. The zero-order valence-corrected chi connectivity index (χ0v) is 8.81. The molecule has 80 valence electrons. The number of hydrogen-bond acceptors (Lipinski definition) is 3. The lowest BCUT2D eigenvalue weighted by Crippen LogP contribution is -2.31. The molecule has 0 radical (unpaired) electrons. The van der Waals surface area contributed by atoms with E-state index in [0.717, 1.165) is 12.0 Å². The van der Waals surface area contributed by atoms with Crippen molar-refractivity contribution in [1.29, 1.82) is 0 Å². The van der Waals surface area contributed by atoms with Crippen molar-refractivity contribution in [2.45, 2.75) is 13.3 Å². The molecule has 0 fully saturated rings. The van der Waals surface area contributed by atoms with Gasteiger partial charge in [0, 0.05) is 5.46 Å². The summed E-state index contributed by atoms with van der Waals surface area (Å²) in [5.74, 6) is 0.488. The van der Waals surface area contributed by atoms with Crippen molar-refractivity contribution in [2.75, 3.05) is 6.61 Å². The second-order valence-electron chi connectivity index (χ2n) is 3.30. The number of ether oxygens (including phenoxy) is 1. The average molecular weight is 206 g/mol. The van der Waals surface area contributed by atoms with Gasteiger partial charge >= 0.3 is 7.12 Å². The first kappa shape index (κ1) is 11.8. The maximum atomic E-state index is 9.08. The van der Waals surface area contributed by atoms with Crippen LogP contribution < -0.4 is 10.2 Å². The first-order valence-electron chi connectivity index (χ1n) is 4.89. The smallest absolute Gasteiger partial charge is 0.490 e. The summed E-state index contributed by atoms with van der Waals surface area (Å²) >= 11 is 0. The first-order chi connectivity index (χ1) is 7.15. The summed E-state index contributed by atoms with van der Waals surface area (Å²) in [6, 6.07) is 6.85. The van der Waals surface area contributed by atoms with E-state index >= 15 is 0 Å². The van der Waals surface area contributed by atoms with Crippen LogP contribution in [0.15, 0.2) is 36.4 Å². The minimum atomic E-state index is -1.50. The van der Waals surface area contributed by atoms with Crippen molar-refractivity contribution in [3.05, 3.63) is 36.4 Å². The molecule has 1 aromatic carbocycles. The van der Waals surface area contributed by atoms with Gasteiger partial charge in [-0.3, -0.25) is 0 Å². The molecular formula is C11H15BO3. The quantitative estimate of drug-likeness (QED) is 0.551. The van der Waals surface area contributed by atoms with E-state index in [4.69, 9.17) is 14.8 Å². The second kappa shape index (κ2) is 5.58. The summed E-state index contributed by atoms with van der Waals surface area (Å²) in [5, 5.41) is 18.2. The molecule has 0 atom stereocenters. The molecule has 0 aliphatic rings. The van der Waals surface area contributed by atoms with Gasteiger partial charge in [0.2, 0.25) is 0 Å². The van der Waals surface area contributed by atoms with Crippen molar-refractivity contribution >= 4 is 12.6 Å². The Kier molecular flexibility index (Phi) is 4.40. The summed E-state index contributed by atoms with van der Waals surface area (Å²) in [6.45, 7) is 6.21. The largest absolute Gasteiger partial charge is 0.492 e. The zero-order valence-electron chi connectivity index (χ0n) is 8.81. The molecule has 0 bridgehead atoms. The number of benzene rings is 1. The third kappa shape index (κ3) is 3.42. The van der Waals surface area contributed by atoms with E-state index in [1.807, 2.05) is 6.92 Å². The minimum Gasteiger partial charge on any atom is -0.490 e. The van der Waals surface area contributed by atoms with Gasteiger partial charge in [-0.1, -0.05) is 31.7 Å². The highest BCUT2D eigenvalue weighted by Crippen LogP contribution is 2.09.